The molecular formula is C21H24FNO3. The normalized spacial score (nSPS) is 11.7. The van der Waals surface area contributed by atoms with Crippen LogP contribution in [0.2, 0.25) is 0 Å². The molecule has 1 unspecified atom stereocenters. The van der Waals surface area contributed by atoms with Gasteiger partial charge in [0.15, 0.2) is 0 Å². The molecule has 0 aromatic heterocycles. The molecule has 0 fully saturated rings. The van der Waals surface area contributed by atoms with E-state index in [1.807, 2.05) is 6.92 Å². The van der Waals surface area contributed by atoms with Crippen LogP contribution in [0.25, 0.3) is 0 Å². The maximum atomic E-state index is 13.1. The molecule has 0 aliphatic heterocycles. The molecule has 138 valence electrons. The number of rotatable bonds is 8. The van der Waals surface area contributed by atoms with Gasteiger partial charge < -0.3 is 10.1 Å². The minimum atomic E-state index is -0.532. The summed E-state index contributed by atoms with van der Waals surface area (Å²) in [7, 11) is 1.30. The Kier molecular flexibility index (Phi) is 7.33. The average Bonchev–Trinajstić information content (AvgIpc) is 2.63. The Morgan fingerprint density at radius 1 is 1.08 bits per heavy atom. The lowest BCUT2D eigenvalue weighted by atomic mass is 10.0. The summed E-state index contributed by atoms with van der Waals surface area (Å²) in [5, 5.41) is 2.85. The fourth-order valence-electron chi connectivity index (χ4n) is 2.67. The summed E-state index contributed by atoms with van der Waals surface area (Å²) in [6.07, 6.45) is 1.88. The summed E-state index contributed by atoms with van der Waals surface area (Å²) in [4.78, 5) is 23.9. The van der Waals surface area contributed by atoms with Crippen molar-refractivity contribution >= 4 is 11.9 Å². The number of esters is 1. The van der Waals surface area contributed by atoms with E-state index in [4.69, 9.17) is 4.74 Å². The van der Waals surface area contributed by atoms with Gasteiger partial charge in [0.1, 0.15) is 5.82 Å². The Hall–Kier alpha value is -2.69. The Bertz CT molecular complexity index is 726. The molecule has 0 aliphatic rings. The van der Waals surface area contributed by atoms with E-state index >= 15 is 0 Å². The summed E-state index contributed by atoms with van der Waals surface area (Å²) in [6.45, 7) is 2.04. The number of methoxy groups -OCH3 is 1. The van der Waals surface area contributed by atoms with Crippen LogP contribution in [0.5, 0.6) is 0 Å². The van der Waals surface area contributed by atoms with Gasteiger partial charge in [0.2, 0.25) is 5.91 Å². The zero-order valence-electron chi connectivity index (χ0n) is 15.1. The van der Waals surface area contributed by atoms with Gasteiger partial charge in [0.05, 0.1) is 19.6 Å². The zero-order chi connectivity index (χ0) is 18.9. The molecule has 0 saturated carbocycles. The molecule has 0 spiro atoms. The summed E-state index contributed by atoms with van der Waals surface area (Å²) in [5.74, 6) is -0.940. The molecule has 2 aromatic rings. The monoisotopic (exact) mass is 357 g/mol. The number of carbonyl (C=O) groups excluding carboxylic acids is 2. The smallest absolute Gasteiger partial charge is 0.307 e. The second-order valence-corrected chi connectivity index (χ2v) is 6.29. The third kappa shape index (κ3) is 6.31. The first-order valence-corrected chi connectivity index (χ1v) is 8.65. The molecule has 0 heterocycles. The van der Waals surface area contributed by atoms with Crippen LogP contribution in [-0.4, -0.2) is 19.0 Å². The summed E-state index contributed by atoms with van der Waals surface area (Å²) < 4.78 is 17.8. The van der Waals surface area contributed by atoms with Crippen LogP contribution >= 0.6 is 0 Å². The van der Waals surface area contributed by atoms with E-state index in [0.717, 1.165) is 6.42 Å². The van der Waals surface area contributed by atoms with Crippen LogP contribution in [0.1, 0.15) is 42.0 Å². The van der Waals surface area contributed by atoms with Crippen LogP contribution in [0.3, 0.4) is 0 Å². The highest BCUT2D eigenvalue weighted by molar-refractivity contribution is 5.78. The third-order valence-corrected chi connectivity index (χ3v) is 4.20. The summed E-state index contributed by atoms with van der Waals surface area (Å²) in [5.41, 5.74) is 3.06. The van der Waals surface area contributed by atoms with Crippen molar-refractivity contribution in [3.8, 4) is 0 Å². The second-order valence-electron chi connectivity index (χ2n) is 6.29. The van der Waals surface area contributed by atoms with Gasteiger partial charge in [-0.25, -0.2) is 4.39 Å². The van der Waals surface area contributed by atoms with Crippen LogP contribution < -0.4 is 5.32 Å². The minimum absolute atomic E-state index is 0.00579. The van der Waals surface area contributed by atoms with E-state index in [-0.39, 0.29) is 18.1 Å². The van der Waals surface area contributed by atoms with E-state index in [1.165, 1.54) is 30.4 Å². The topological polar surface area (TPSA) is 55.4 Å². The number of ether oxygens (including phenoxy) is 1. The van der Waals surface area contributed by atoms with Gasteiger partial charge >= 0.3 is 5.97 Å². The SMILES string of the molecule is COC(=O)CC(NC(=O)CCCc1ccc(C)cc1)c1ccc(F)cc1. The van der Waals surface area contributed by atoms with Crippen molar-refractivity contribution in [1.82, 2.24) is 5.32 Å². The highest BCUT2D eigenvalue weighted by Gasteiger charge is 2.19. The van der Waals surface area contributed by atoms with Crippen LogP contribution in [0.15, 0.2) is 48.5 Å². The van der Waals surface area contributed by atoms with E-state index in [2.05, 4.69) is 29.6 Å². The maximum Gasteiger partial charge on any atom is 0.307 e. The lowest BCUT2D eigenvalue weighted by Gasteiger charge is -2.18. The first-order valence-electron chi connectivity index (χ1n) is 8.65. The van der Waals surface area contributed by atoms with Crippen LogP contribution in [0, 0.1) is 12.7 Å². The largest absolute Gasteiger partial charge is 0.469 e. The van der Waals surface area contributed by atoms with Gasteiger partial charge in [-0.1, -0.05) is 42.0 Å². The molecule has 0 bridgehead atoms. The molecule has 0 aliphatic carbocycles. The molecule has 1 N–H and O–H groups in total. The van der Waals surface area contributed by atoms with E-state index < -0.39 is 12.0 Å². The lowest BCUT2D eigenvalue weighted by molar-refractivity contribution is -0.141. The quantitative estimate of drug-likeness (QED) is 0.730. The van der Waals surface area contributed by atoms with Crippen molar-refractivity contribution in [2.45, 2.75) is 38.6 Å². The minimum Gasteiger partial charge on any atom is -0.469 e. The van der Waals surface area contributed by atoms with Crippen molar-refractivity contribution < 1.29 is 18.7 Å². The van der Waals surface area contributed by atoms with Gasteiger partial charge in [0.25, 0.3) is 0 Å². The van der Waals surface area contributed by atoms with Gasteiger partial charge in [-0.05, 0) is 43.0 Å². The predicted molar refractivity (Wildman–Crippen MR) is 98.0 cm³/mol. The predicted octanol–water partition coefficient (Wildman–Crippen LogP) is 3.88. The molecule has 4 nitrogen and oxygen atoms in total. The third-order valence-electron chi connectivity index (χ3n) is 4.20. The van der Waals surface area contributed by atoms with Crippen LogP contribution in [0.4, 0.5) is 4.39 Å². The molecular weight excluding hydrogens is 333 g/mol. The number of nitrogens with one attached hydrogen (secondary N) is 1. The first kappa shape index (κ1) is 19.6. The van der Waals surface area contributed by atoms with E-state index in [1.54, 1.807) is 12.1 Å². The number of hydrogen-bond acceptors (Lipinski definition) is 3. The summed E-state index contributed by atoms with van der Waals surface area (Å²) >= 11 is 0. The lowest BCUT2D eigenvalue weighted by Crippen LogP contribution is -2.30. The standard InChI is InChI=1S/C21H24FNO3/c1-15-6-8-16(9-7-15)4-3-5-20(24)23-19(14-21(25)26-2)17-10-12-18(22)13-11-17/h6-13,19H,3-5,14H2,1-2H3,(H,23,24). The van der Waals surface area contributed by atoms with E-state index in [0.29, 0.717) is 18.4 Å². The number of hydrogen-bond donors (Lipinski definition) is 1. The Morgan fingerprint density at radius 2 is 1.73 bits per heavy atom. The fraction of sp³-hybridized carbons (Fsp3) is 0.333. The zero-order valence-corrected chi connectivity index (χ0v) is 15.1. The Morgan fingerprint density at radius 3 is 2.35 bits per heavy atom. The van der Waals surface area contributed by atoms with Gasteiger partial charge in [-0.2, -0.15) is 0 Å². The van der Waals surface area contributed by atoms with Gasteiger partial charge in [-0.15, -0.1) is 0 Å². The fourth-order valence-corrected chi connectivity index (χ4v) is 2.67. The molecule has 5 heteroatoms. The van der Waals surface area contributed by atoms with Crippen LogP contribution in [-0.2, 0) is 20.7 Å². The number of aryl methyl sites for hydroxylation is 2. The van der Waals surface area contributed by atoms with Gasteiger partial charge in [-0.3, -0.25) is 9.59 Å². The molecule has 2 aromatic carbocycles. The highest BCUT2D eigenvalue weighted by atomic mass is 19.1. The average molecular weight is 357 g/mol. The second kappa shape index (κ2) is 9.70. The molecule has 1 amide bonds. The molecule has 26 heavy (non-hydrogen) atoms. The van der Waals surface area contributed by atoms with Crippen molar-refractivity contribution in [3.05, 3.63) is 71.0 Å². The van der Waals surface area contributed by atoms with Crippen molar-refractivity contribution in [3.63, 3.8) is 0 Å². The summed E-state index contributed by atoms with van der Waals surface area (Å²) in [6, 6.07) is 13.4. The van der Waals surface area contributed by atoms with Gasteiger partial charge in [0, 0.05) is 6.42 Å². The van der Waals surface area contributed by atoms with E-state index in [9.17, 15) is 14.0 Å². The molecule has 1 atom stereocenters. The number of halogens is 1. The maximum absolute atomic E-state index is 13.1. The van der Waals surface area contributed by atoms with Crippen molar-refractivity contribution in [2.24, 2.45) is 0 Å². The van der Waals surface area contributed by atoms with Crippen molar-refractivity contribution in [2.75, 3.05) is 7.11 Å². The number of benzene rings is 2. The number of amides is 1. The Balaban J connectivity index is 1.91. The molecule has 2 rings (SSSR count). The van der Waals surface area contributed by atoms with Crippen molar-refractivity contribution in [1.29, 1.82) is 0 Å². The molecule has 0 saturated heterocycles. The molecule has 0 radical (unpaired) electrons. The first-order chi connectivity index (χ1) is 12.5. The Labute approximate surface area is 153 Å². The number of carbonyl (C=O) groups is 2. The highest BCUT2D eigenvalue weighted by Crippen LogP contribution is 2.18.